The number of carboxylic acids is 1. The molecule has 0 heterocycles. The van der Waals surface area contributed by atoms with Crippen LogP contribution in [0.1, 0.15) is 43.0 Å². The zero-order chi connectivity index (χ0) is 13.2. The highest BCUT2D eigenvalue weighted by Gasteiger charge is 2.36. The molecule has 0 saturated heterocycles. The van der Waals surface area contributed by atoms with Crippen molar-refractivity contribution in [2.45, 2.75) is 32.6 Å². The van der Waals surface area contributed by atoms with E-state index in [0.717, 1.165) is 25.7 Å². The van der Waals surface area contributed by atoms with E-state index in [1.807, 2.05) is 6.92 Å². The molecule has 1 aromatic rings. The monoisotopic (exact) mass is 247 g/mol. The topological polar surface area (TPSA) is 66.4 Å². The average molecular weight is 247 g/mol. The second-order valence-corrected chi connectivity index (χ2v) is 5.10. The molecule has 1 aromatic carbocycles. The molecule has 0 bridgehead atoms. The summed E-state index contributed by atoms with van der Waals surface area (Å²) in [6.45, 7) is 1.99. The standard InChI is InChI=1S/C14H17NO3/c1-14(8-2-3-9-14)13(18)15-11-6-4-10(5-7-11)12(16)17/h4-7H,2-3,8-9H2,1H3,(H,15,18)(H,16,17). The van der Waals surface area contributed by atoms with E-state index >= 15 is 0 Å². The number of nitrogens with one attached hydrogen (secondary N) is 1. The number of carboxylic acid groups (broad SMARTS) is 1. The van der Waals surface area contributed by atoms with Gasteiger partial charge in [-0.1, -0.05) is 19.8 Å². The molecule has 1 aliphatic carbocycles. The number of benzene rings is 1. The van der Waals surface area contributed by atoms with Gasteiger partial charge >= 0.3 is 5.97 Å². The maximum atomic E-state index is 12.1. The van der Waals surface area contributed by atoms with Gasteiger partial charge in [-0.25, -0.2) is 4.79 Å². The highest BCUT2D eigenvalue weighted by molar-refractivity contribution is 5.96. The van der Waals surface area contributed by atoms with E-state index in [9.17, 15) is 9.59 Å². The summed E-state index contributed by atoms with van der Waals surface area (Å²) < 4.78 is 0. The van der Waals surface area contributed by atoms with E-state index in [4.69, 9.17) is 5.11 Å². The Morgan fingerprint density at radius 2 is 1.72 bits per heavy atom. The number of rotatable bonds is 3. The highest BCUT2D eigenvalue weighted by atomic mass is 16.4. The average Bonchev–Trinajstić information content (AvgIpc) is 2.78. The van der Waals surface area contributed by atoms with Gasteiger partial charge < -0.3 is 10.4 Å². The van der Waals surface area contributed by atoms with Gasteiger partial charge in [-0.15, -0.1) is 0 Å². The van der Waals surface area contributed by atoms with Crippen molar-refractivity contribution >= 4 is 17.6 Å². The van der Waals surface area contributed by atoms with Crippen molar-refractivity contribution in [3.05, 3.63) is 29.8 Å². The van der Waals surface area contributed by atoms with Crippen molar-refractivity contribution in [3.63, 3.8) is 0 Å². The molecule has 4 nitrogen and oxygen atoms in total. The van der Waals surface area contributed by atoms with Gasteiger partial charge in [0.2, 0.25) is 5.91 Å². The summed E-state index contributed by atoms with van der Waals surface area (Å²) in [5.74, 6) is -0.932. The number of anilines is 1. The number of hydrogen-bond donors (Lipinski definition) is 2. The quantitative estimate of drug-likeness (QED) is 0.863. The summed E-state index contributed by atoms with van der Waals surface area (Å²) in [5, 5.41) is 11.6. The van der Waals surface area contributed by atoms with Crippen LogP contribution in [0.5, 0.6) is 0 Å². The van der Waals surface area contributed by atoms with Crippen molar-refractivity contribution in [1.82, 2.24) is 0 Å². The largest absolute Gasteiger partial charge is 0.478 e. The molecule has 0 atom stereocenters. The third-order valence-electron chi connectivity index (χ3n) is 3.65. The van der Waals surface area contributed by atoms with Crippen LogP contribution in [0.2, 0.25) is 0 Å². The van der Waals surface area contributed by atoms with Gasteiger partial charge in [0.25, 0.3) is 0 Å². The second kappa shape index (κ2) is 4.80. The first-order chi connectivity index (χ1) is 8.51. The van der Waals surface area contributed by atoms with E-state index in [1.54, 1.807) is 12.1 Å². The third-order valence-corrected chi connectivity index (χ3v) is 3.65. The van der Waals surface area contributed by atoms with Gasteiger partial charge in [-0.2, -0.15) is 0 Å². The molecule has 2 rings (SSSR count). The molecule has 2 N–H and O–H groups in total. The Balaban J connectivity index is 2.05. The van der Waals surface area contributed by atoms with Crippen LogP contribution < -0.4 is 5.32 Å². The van der Waals surface area contributed by atoms with Gasteiger partial charge in [0.1, 0.15) is 0 Å². The van der Waals surface area contributed by atoms with Gasteiger partial charge in [-0.05, 0) is 37.1 Å². The van der Waals surface area contributed by atoms with Crippen molar-refractivity contribution in [2.75, 3.05) is 5.32 Å². The molecule has 1 amide bonds. The first kappa shape index (κ1) is 12.6. The highest BCUT2D eigenvalue weighted by Crippen LogP contribution is 2.38. The molecular formula is C14H17NO3. The maximum Gasteiger partial charge on any atom is 0.335 e. The number of aromatic carboxylic acids is 1. The zero-order valence-electron chi connectivity index (χ0n) is 10.4. The molecule has 0 spiro atoms. The summed E-state index contributed by atoms with van der Waals surface area (Å²) in [6.07, 6.45) is 4.04. The molecule has 18 heavy (non-hydrogen) atoms. The fourth-order valence-electron chi connectivity index (χ4n) is 2.36. The van der Waals surface area contributed by atoms with Crippen LogP contribution in [0.4, 0.5) is 5.69 Å². The minimum atomic E-state index is -0.962. The maximum absolute atomic E-state index is 12.1. The SMILES string of the molecule is CC1(C(=O)Nc2ccc(C(=O)O)cc2)CCCC1. The van der Waals surface area contributed by atoms with E-state index in [0.29, 0.717) is 5.69 Å². The van der Waals surface area contributed by atoms with E-state index < -0.39 is 5.97 Å². The van der Waals surface area contributed by atoms with Crippen LogP contribution in [-0.4, -0.2) is 17.0 Å². The van der Waals surface area contributed by atoms with Crippen LogP contribution in [0, 0.1) is 5.41 Å². The summed E-state index contributed by atoms with van der Waals surface area (Å²) in [4.78, 5) is 22.8. The summed E-state index contributed by atoms with van der Waals surface area (Å²) in [6, 6.07) is 6.24. The molecule has 1 saturated carbocycles. The van der Waals surface area contributed by atoms with Gasteiger partial charge in [-0.3, -0.25) is 4.79 Å². The van der Waals surface area contributed by atoms with Crippen LogP contribution in [0.25, 0.3) is 0 Å². The van der Waals surface area contributed by atoms with Crippen molar-refractivity contribution < 1.29 is 14.7 Å². The molecular weight excluding hydrogens is 230 g/mol. The minimum absolute atomic E-state index is 0.0306. The Kier molecular flexibility index (Phi) is 3.36. The van der Waals surface area contributed by atoms with Gasteiger partial charge in [0.05, 0.1) is 5.56 Å². The van der Waals surface area contributed by atoms with Crippen LogP contribution >= 0.6 is 0 Å². The van der Waals surface area contributed by atoms with Gasteiger partial charge in [0, 0.05) is 11.1 Å². The van der Waals surface area contributed by atoms with Crippen LogP contribution in [0.15, 0.2) is 24.3 Å². The number of hydrogen-bond acceptors (Lipinski definition) is 2. The molecule has 1 aliphatic rings. The summed E-state index contributed by atoms with van der Waals surface area (Å²) in [7, 11) is 0. The minimum Gasteiger partial charge on any atom is -0.478 e. The van der Waals surface area contributed by atoms with Crippen molar-refractivity contribution in [2.24, 2.45) is 5.41 Å². The first-order valence-electron chi connectivity index (χ1n) is 6.16. The fourth-order valence-corrected chi connectivity index (χ4v) is 2.36. The third kappa shape index (κ3) is 2.53. The Morgan fingerprint density at radius 3 is 2.22 bits per heavy atom. The van der Waals surface area contributed by atoms with Crippen LogP contribution in [0.3, 0.4) is 0 Å². The lowest BCUT2D eigenvalue weighted by Crippen LogP contribution is -2.30. The fraction of sp³-hybridized carbons (Fsp3) is 0.429. The lowest BCUT2D eigenvalue weighted by molar-refractivity contribution is -0.124. The second-order valence-electron chi connectivity index (χ2n) is 5.10. The van der Waals surface area contributed by atoms with Crippen LogP contribution in [-0.2, 0) is 4.79 Å². The molecule has 4 heteroatoms. The molecule has 0 unspecified atom stereocenters. The van der Waals surface area contributed by atoms with E-state index in [1.165, 1.54) is 12.1 Å². The molecule has 1 fully saturated rings. The smallest absolute Gasteiger partial charge is 0.335 e. The Hall–Kier alpha value is -1.84. The predicted octanol–water partition coefficient (Wildman–Crippen LogP) is 2.90. The number of amides is 1. The normalized spacial score (nSPS) is 17.4. The molecule has 0 radical (unpaired) electrons. The molecule has 96 valence electrons. The lowest BCUT2D eigenvalue weighted by atomic mass is 9.88. The van der Waals surface area contributed by atoms with E-state index in [2.05, 4.69) is 5.32 Å². The van der Waals surface area contributed by atoms with E-state index in [-0.39, 0.29) is 16.9 Å². The lowest BCUT2D eigenvalue weighted by Gasteiger charge is -2.22. The number of carbonyl (C=O) groups excluding carboxylic acids is 1. The van der Waals surface area contributed by atoms with Crippen molar-refractivity contribution in [1.29, 1.82) is 0 Å². The molecule has 0 aliphatic heterocycles. The van der Waals surface area contributed by atoms with Crippen molar-refractivity contribution in [3.8, 4) is 0 Å². The Bertz CT molecular complexity index is 458. The zero-order valence-corrected chi connectivity index (χ0v) is 10.4. The summed E-state index contributed by atoms with van der Waals surface area (Å²) >= 11 is 0. The predicted molar refractivity (Wildman–Crippen MR) is 68.6 cm³/mol. The summed E-state index contributed by atoms with van der Waals surface area (Å²) in [5.41, 5.74) is 0.601. The number of carbonyl (C=O) groups is 2. The van der Waals surface area contributed by atoms with Gasteiger partial charge in [0.15, 0.2) is 0 Å². The Morgan fingerprint density at radius 1 is 1.17 bits per heavy atom. The molecule has 0 aromatic heterocycles. The first-order valence-corrected chi connectivity index (χ1v) is 6.16. The Labute approximate surface area is 106 Å².